The number of carbonyl (C=O) groups excluding carboxylic acids is 3. The van der Waals surface area contributed by atoms with Crippen molar-refractivity contribution in [3.8, 4) is 0 Å². The van der Waals surface area contributed by atoms with Crippen molar-refractivity contribution < 1.29 is 19.1 Å². The molecule has 1 aliphatic carbocycles. The van der Waals surface area contributed by atoms with Gasteiger partial charge in [0.2, 0.25) is 0 Å². The smallest absolute Gasteiger partial charge is 0.303 e. The maximum Gasteiger partial charge on any atom is 0.303 e. The first-order chi connectivity index (χ1) is 10.7. The lowest BCUT2D eigenvalue weighted by atomic mass is 10.0. The van der Waals surface area contributed by atoms with E-state index in [4.69, 9.17) is 10.5 Å². The predicted octanol–water partition coefficient (Wildman–Crippen LogP) is 2.40. The fraction of sp³-hybridized carbons (Fsp3) is 0.562. The van der Waals surface area contributed by atoms with Gasteiger partial charge in [-0.05, 0) is 45.1 Å². The van der Waals surface area contributed by atoms with E-state index in [9.17, 15) is 14.4 Å². The van der Waals surface area contributed by atoms with Crippen LogP contribution in [0.2, 0.25) is 0 Å². The highest BCUT2D eigenvalue weighted by Crippen LogP contribution is 2.37. The van der Waals surface area contributed by atoms with Crippen LogP contribution in [-0.2, 0) is 27.2 Å². The van der Waals surface area contributed by atoms with Gasteiger partial charge in [-0.25, -0.2) is 0 Å². The van der Waals surface area contributed by atoms with Crippen molar-refractivity contribution in [3.05, 3.63) is 16.0 Å². The summed E-state index contributed by atoms with van der Waals surface area (Å²) in [5, 5.41) is 3.17. The standard InChI is InChI=1S/C16H22N2O4S/c1-9(19)22-16(2,3)15(21)18-14-12(13(17)20)10-7-5-4-6-8-11(10)23-14/h4-8H2,1-3H3,(H2,17,20)(H,18,21). The molecule has 0 unspecified atom stereocenters. The number of hydrogen-bond acceptors (Lipinski definition) is 5. The Labute approximate surface area is 139 Å². The first-order valence-corrected chi connectivity index (χ1v) is 8.49. The normalized spacial score (nSPS) is 14.6. The van der Waals surface area contributed by atoms with E-state index in [1.165, 1.54) is 32.1 Å². The Morgan fingerprint density at radius 1 is 1.17 bits per heavy atom. The van der Waals surface area contributed by atoms with Crippen molar-refractivity contribution in [2.45, 2.75) is 58.5 Å². The number of nitrogens with one attached hydrogen (secondary N) is 1. The summed E-state index contributed by atoms with van der Waals surface area (Å²) in [4.78, 5) is 36.5. The van der Waals surface area contributed by atoms with Crippen LogP contribution in [0.15, 0.2) is 0 Å². The summed E-state index contributed by atoms with van der Waals surface area (Å²) in [6.07, 6.45) is 4.89. The van der Waals surface area contributed by atoms with Gasteiger partial charge in [0.05, 0.1) is 5.56 Å². The molecule has 1 aromatic rings. The molecule has 0 radical (unpaired) electrons. The zero-order valence-electron chi connectivity index (χ0n) is 13.7. The average molecular weight is 338 g/mol. The second-order valence-electron chi connectivity index (χ2n) is 6.19. The van der Waals surface area contributed by atoms with Gasteiger partial charge in [-0.1, -0.05) is 6.42 Å². The number of anilines is 1. The van der Waals surface area contributed by atoms with Crippen LogP contribution in [0.25, 0.3) is 0 Å². The van der Waals surface area contributed by atoms with Gasteiger partial charge < -0.3 is 15.8 Å². The van der Waals surface area contributed by atoms with Crippen LogP contribution in [0.4, 0.5) is 5.00 Å². The maximum atomic E-state index is 12.4. The maximum absolute atomic E-state index is 12.4. The molecule has 0 saturated carbocycles. The van der Waals surface area contributed by atoms with Gasteiger partial charge in [0, 0.05) is 11.8 Å². The first kappa shape index (κ1) is 17.5. The largest absolute Gasteiger partial charge is 0.450 e. The van der Waals surface area contributed by atoms with E-state index in [0.29, 0.717) is 10.6 Å². The lowest BCUT2D eigenvalue weighted by Crippen LogP contribution is -2.41. The predicted molar refractivity (Wildman–Crippen MR) is 88.6 cm³/mol. The number of primary amides is 1. The summed E-state index contributed by atoms with van der Waals surface area (Å²) in [6.45, 7) is 4.26. The number of thiophene rings is 1. The van der Waals surface area contributed by atoms with Crippen LogP contribution in [0, 0.1) is 0 Å². The zero-order valence-corrected chi connectivity index (χ0v) is 14.5. The molecule has 2 rings (SSSR count). The molecule has 0 aliphatic heterocycles. The van der Waals surface area contributed by atoms with E-state index < -0.39 is 23.4 Å². The molecule has 1 heterocycles. The monoisotopic (exact) mass is 338 g/mol. The number of nitrogens with two attached hydrogens (primary N) is 1. The molecule has 7 heteroatoms. The van der Waals surface area contributed by atoms with E-state index >= 15 is 0 Å². The van der Waals surface area contributed by atoms with Crippen LogP contribution in [0.5, 0.6) is 0 Å². The van der Waals surface area contributed by atoms with Crippen molar-refractivity contribution in [3.63, 3.8) is 0 Å². The Morgan fingerprint density at radius 2 is 1.83 bits per heavy atom. The second-order valence-corrected chi connectivity index (χ2v) is 7.30. The topological polar surface area (TPSA) is 98.5 Å². The Balaban J connectivity index is 2.31. The molecule has 0 saturated heterocycles. The van der Waals surface area contributed by atoms with Gasteiger partial charge >= 0.3 is 5.97 Å². The fourth-order valence-electron chi connectivity index (χ4n) is 2.75. The molecular weight excluding hydrogens is 316 g/mol. The SMILES string of the molecule is CC(=O)OC(C)(C)C(=O)Nc1sc2c(c1C(N)=O)CCCCC2. The summed E-state index contributed by atoms with van der Waals surface area (Å²) in [6, 6.07) is 0. The molecule has 2 amide bonds. The summed E-state index contributed by atoms with van der Waals surface area (Å²) < 4.78 is 5.03. The minimum Gasteiger partial charge on any atom is -0.450 e. The van der Waals surface area contributed by atoms with E-state index in [1.54, 1.807) is 0 Å². The molecular formula is C16H22N2O4S. The molecule has 0 bridgehead atoms. The molecule has 23 heavy (non-hydrogen) atoms. The van der Waals surface area contributed by atoms with Crippen molar-refractivity contribution in [1.82, 2.24) is 0 Å². The molecule has 0 aromatic carbocycles. The number of esters is 1. The Kier molecular flexibility index (Phi) is 5.09. The van der Waals surface area contributed by atoms with Gasteiger partial charge in [0.15, 0.2) is 5.60 Å². The molecule has 0 spiro atoms. The van der Waals surface area contributed by atoms with Crippen LogP contribution >= 0.6 is 11.3 Å². The van der Waals surface area contributed by atoms with E-state index in [2.05, 4.69) is 5.32 Å². The third-order valence-electron chi connectivity index (χ3n) is 3.84. The van der Waals surface area contributed by atoms with Gasteiger partial charge in [-0.3, -0.25) is 14.4 Å². The highest BCUT2D eigenvalue weighted by molar-refractivity contribution is 7.17. The third-order valence-corrected chi connectivity index (χ3v) is 5.05. The summed E-state index contributed by atoms with van der Waals surface area (Å²) in [5.41, 5.74) is 5.57. The minimum atomic E-state index is -1.32. The van der Waals surface area contributed by atoms with Crippen molar-refractivity contribution in [2.24, 2.45) is 5.73 Å². The lowest BCUT2D eigenvalue weighted by Gasteiger charge is -2.23. The number of rotatable bonds is 4. The second kappa shape index (κ2) is 6.70. The Hall–Kier alpha value is -1.89. The molecule has 0 fully saturated rings. The average Bonchev–Trinajstić information content (AvgIpc) is 2.59. The Morgan fingerprint density at radius 3 is 2.43 bits per heavy atom. The van der Waals surface area contributed by atoms with Crippen LogP contribution < -0.4 is 11.1 Å². The molecule has 3 N–H and O–H groups in total. The minimum absolute atomic E-state index is 0.402. The van der Waals surface area contributed by atoms with E-state index in [0.717, 1.165) is 42.5 Å². The first-order valence-electron chi connectivity index (χ1n) is 7.67. The third kappa shape index (κ3) is 3.90. The van der Waals surface area contributed by atoms with Crippen molar-refractivity contribution >= 4 is 34.1 Å². The van der Waals surface area contributed by atoms with Gasteiger partial charge in [-0.15, -0.1) is 11.3 Å². The molecule has 126 valence electrons. The van der Waals surface area contributed by atoms with Crippen molar-refractivity contribution in [1.29, 1.82) is 0 Å². The lowest BCUT2D eigenvalue weighted by molar-refractivity contribution is -0.160. The molecule has 6 nitrogen and oxygen atoms in total. The summed E-state index contributed by atoms with van der Waals surface area (Å²) in [5.74, 6) is -1.56. The number of hydrogen-bond donors (Lipinski definition) is 2. The van der Waals surface area contributed by atoms with E-state index in [1.807, 2.05) is 0 Å². The molecule has 0 atom stereocenters. The van der Waals surface area contributed by atoms with Gasteiger partial charge in [-0.2, -0.15) is 0 Å². The molecule has 1 aliphatic rings. The zero-order chi connectivity index (χ0) is 17.2. The number of amides is 2. The van der Waals surface area contributed by atoms with Crippen LogP contribution in [-0.4, -0.2) is 23.4 Å². The number of fused-ring (bicyclic) bond motifs is 1. The fourth-order valence-corrected chi connectivity index (χ4v) is 4.04. The number of aryl methyl sites for hydroxylation is 1. The summed E-state index contributed by atoms with van der Waals surface area (Å²) in [7, 11) is 0. The highest BCUT2D eigenvalue weighted by Gasteiger charge is 2.33. The Bertz CT molecular complexity index is 649. The van der Waals surface area contributed by atoms with Gasteiger partial charge in [0.1, 0.15) is 5.00 Å². The number of carbonyl (C=O) groups is 3. The number of ether oxygens (including phenoxy) is 1. The van der Waals surface area contributed by atoms with Crippen LogP contribution in [0.1, 0.15) is 60.8 Å². The molecule has 1 aromatic heterocycles. The van der Waals surface area contributed by atoms with Crippen LogP contribution in [0.3, 0.4) is 0 Å². The quantitative estimate of drug-likeness (QED) is 0.650. The van der Waals surface area contributed by atoms with E-state index in [-0.39, 0.29) is 0 Å². The highest BCUT2D eigenvalue weighted by atomic mass is 32.1. The van der Waals surface area contributed by atoms with Crippen molar-refractivity contribution in [2.75, 3.05) is 5.32 Å². The summed E-state index contributed by atoms with van der Waals surface area (Å²) >= 11 is 1.39. The van der Waals surface area contributed by atoms with Gasteiger partial charge in [0.25, 0.3) is 11.8 Å².